The van der Waals surface area contributed by atoms with Crippen LogP contribution in [0.1, 0.15) is 16.1 Å². The van der Waals surface area contributed by atoms with E-state index in [1.54, 1.807) is 24.3 Å². The summed E-state index contributed by atoms with van der Waals surface area (Å²) >= 11 is 0. The standard InChI is InChI=1S/C16H13NO3/c1-10-8-9-20-15(10)16(19)17-13-6-7-14(18)12-5-3-2-4-11(12)13/h2-9,18H,1H3,(H,17,19). The van der Waals surface area contributed by atoms with Gasteiger partial charge in [0.2, 0.25) is 0 Å². The highest BCUT2D eigenvalue weighted by Gasteiger charge is 2.14. The number of nitrogens with one attached hydrogen (secondary N) is 1. The smallest absolute Gasteiger partial charge is 0.291 e. The van der Waals surface area contributed by atoms with Crippen molar-refractivity contribution in [3.63, 3.8) is 0 Å². The van der Waals surface area contributed by atoms with Gasteiger partial charge in [-0.2, -0.15) is 0 Å². The molecule has 0 saturated carbocycles. The summed E-state index contributed by atoms with van der Waals surface area (Å²) in [6.45, 7) is 1.81. The molecule has 0 aliphatic carbocycles. The van der Waals surface area contributed by atoms with Crippen molar-refractivity contribution in [2.45, 2.75) is 6.92 Å². The molecule has 1 aromatic heterocycles. The lowest BCUT2D eigenvalue weighted by atomic mass is 10.1. The third-order valence-corrected chi connectivity index (χ3v) is 3.22. The van der Waals surface area contributed by atoms with E-state index in [9.17, 15) is 9.90 Å². The van der Waals surface area contributed by atoms with Crippen LogP contribution in [0.5, 0.6) is 5.75 Å². The molecule has 0 radical (unpaired) electrons. The topological polar surface area (TPSA) is 62.5 Å². The Morgan fingerprint density at radius 3 is 2.55 bits per heavy atom. The molecule has 0 bridgehead atoms. The molecule has 3 aromatic rings. The largest absolute Gasteiger partial charge is 0.507 e. The van der Waals surface area contributed by atoms with Crippen LogP contribution in [0.15, 0.2) is 53.1 Å². The van der Waals surface area contributed by atoms with Crippen molar-refractivity contribution < 1.29 is 14.3 Å². The Bertz CT molecular complexity index is 789. The number of aromatic hydroxyl groups is 1. The second-order valence-electron chi connectivity index (χ2n) is 4.56. The fraction of sp³-hybridized carbons (Fsp3) is 0.0625. The summed E-state index contributed by atoms with van der Waals surface area (Å²) in [5.74, 6) is 0.179. The van der Waals surface area contributed by atoms with Crippen LogP contribution in [0.3, 0.4) is 0 Å². The van der Waals surface area contributed by atoms with Crippen LogP contribution in [-0.2, 0) is 0 Å². The van der Waals surface area contributed by atoms with Gasteiger partial charge >= 0.3 is 0 Å². The van der Waals surface area contributed by atoms with Crippen LogP contribution >= 0.6 is 0 Å². The number of amides is 1. The first-order valence-electron chi connectivity index (χ1n) is 6.23. The highest BCUT2D eigenvalue weighted by molar-refractivity contribution is 6.09. The van der Waals surface area contributed by atoms with E-state index in [2.05, 4.69) is 5.32 Å². The van der Waals surface area contributed by atoms with E-state index >= 15 is 0 Å². The number of hydrogen-bond donors (Lipinski definition) is 2. The maximum Gasteiger partial charge on any atom is 0.291 e. The second-order valence-corrected chi connectivity index (χ2v) is 4.56. The molecule has 0 aliphatic heterocycles. The Kier molecular flexibility index (Phi) is 2.91. The van der Waals surface area contributed by atoms with Crippen molar-refractivity contribution in [1.29, 1.82) is 0 Å². The number of phenolic OH excluding ortho intramolecular Hbond substituents is 1. The van der Waals surface area contributed by atoms with Gasteiger partial charge in [0, 0.05) is 22.0 Å². The van der Waals surface area contributed by atoms with Gasteiger partial charge in [-0.3, -0.25) is 4.79 Å². The predicted molar refractivity (Wildman–Crippen MR) is 77.0 cm³/mol. The summed E-state index contributed by atoms with van der Waals surface area (Å²) in [6.07, 6.45) is 1.49. The number of rotatable bonds is 2. The van der Waals surface area contributed by atoms with E-state index in [0.717, 1.165) is 10.9 Å². The average Bonchev–Trinajstić information content (AvgIpc) is 2.88. The van der Waals surface area contributed by atoms with Gasteiger partial charge < -0.3 is 14.8 Å². The third-order valence-electron chi connectivity index (χ3n) is 3.22. The van der Waals surface area contributed by atoms with Crippen LogP contribution in [0.25, 0.3) is 10.8 Å². The summed E-state index contributed by atoms with van der Waals surface area (Å²) in [4.78, 5) is 12.2. The van der Waals surface area contributed by atoms with Crippen LogP contribution in [0.4, 0.5) is 5.69 Å². The zero-order chi connectivity index (χ0) is 14.1. The van der Waals surface area contributed by atoms with Crippen molar-refractivity contribution in [2.24, 2.45) is 0 Å². The summed E-state index contributed by atoms with van der Waals surface area (Å²) in [6, 6.07) is 12.3. The molecular weight excluding hydrogens is 254 g/mol. The monoisotopic (exact) mass is 267 g/mol. The van der Waals surface area contributed by atoms with Gasteiger partial charge in [-0.15, -0.1) is 0 Å². The minimum atomic E-state index is -0.302. The molecule has 4 heteroatoms. The van der Waals surface area contributed by atoms with Crippen molar-refractivity contribution in [2.75, 3.05) is 5.32 Å². The van der Waals surface area contributed by atoms with Gasteiger partial charge in [0.25, 0.3) is 5.91 Å². The minimum Gasteiger partial charge on any atom is -0.507 e. The highest BCUT2D eigenvalue weighted by Crippen LogP contribution is 2.30. The van der Waals surface area contributed by atoms with Crippen molar-refractivity contribution in [3.8, 4) is 5.75 Å². The van der Waals surface area contributed by atoms with Crippen molar-refractivity contribution in [3.05, 3.63) is 60.1 Å². The zero-order valence-corrected chi connectivity index (χ0v) is 10.9. The number of carbonyl (C=O) groups is 1. The third kappa shape index (κ3) is 2.01. The summed E-state index contributed by atoms with van der Waals surface area (Å²) < 4.78 is 5.17. The molecule has 0 unspecified atom stereocenters. The predicted octanol–water partition coefficient (Wildman–Crippen LogP) is 3.70. The molecule has 0 atom stereocenters. The molecule has 4 nitrogen and oxygen atoms in total. The van der Waals surface area contributed by atoms with Crippen LogP contribution in [0, 0.1) is 6.92 Å². The van der Waals surface area contributed by atoms with Gasteiger partial charge in [0.15, 0.2) is 5.76 Å². The maximum atomic E-state index is 12.2. The average molecular weight is 267 g/mol. The first-order valence-corrected chi connectivity index (χ1v) is 6.23. The fourth-order valence-electron chi connectivity index (χ4n) is 2.18. The Morgan fingerprint density at radius 2 is 1.85 bits per heavy atom. The Morgan fingerprint density at radius 1 is 1.10 bits per heavy atom. The van der Waals surface area contributed by atoms with E-state index < -0.39 is 0 Å². The number of benzene rings is 2. The van der Waals surface area contributed by atoms with Crippen molar-refractivity contribution in [1.82, 2.24) is 0 Å². The lowest BCUT2D eigenvalue weighted by molar-refractivity contribution is 0.0996. The molecule has 20 heavy (non-hydrogen) atoms. The van der Waals surface area contributed by atoms with Crippen LogP contribution < -0.4 is 5.32 Å². The Hall–Kier alpha value is -2.75. The number of anilines is 1. The van der Waals surface area contributed by atoms with E-state index in [1.807, 2.05) is 25.1 Å². The van der Waals surface area contributed by atoms with E-state index in [4.69, 9.17) is 4.42 Å². The van der Waals surface area contributed by atoms with E-state index in [0.29, 0.717) is 16.8 Å². The van der Waals surface area contributed by atoms with Crippen LogP contribution in [0.2, 0.25) is 0 Å². The second kappa shape index (κ2) is 4.74. The van der Waals surface area contributed by atoms with Gasteiger partial charge in [-0.05, 0) is 25.1 Å². The van der Waals surface area contributed by atoms with Crippen molar-refractivity contribution >= 4 is 22.4 Å². The SMILES string of the molecule is Cc1ccoc1C(=O)Nc1ccc(O)c2ccccc12. The molecule has 2 N–H and O–H groups in total. The first kappa shape index (κ1) is 12.3. The Balaban J connectivity index is 2.02. The normalized spacial score (nSPS) is 10.7. The first-order chi connectivity index (χ1) is 9.66. The molecule has 2 aromatic carbocycles. The number of hydrogen-bond acceptors (Lipinski definition) is 3. The molecule has 1 heterocycles. The molecule has 100 valence electrons. The van der Waals surface area contributed by atoms with Gasteiger partial charge in [0.05, 0.1) is 6.26 Å². The highest BCUT2D eigenvalue weighted by atomic mass is 16.3. The maximum absolute atomic E-state index is 12.2. The summed E-state index contributed by atoms with van der Waals surface area (Å²) in [7, 11) is 0. The molecule has 0 fully saturated rings. The molecule has 3 rings (SSSR count). The van der Waals surface area contributed by atoms with Crippen LogP contribution in [-0.4, -0.2) is 11.0 Å². The zero-order valence-electron chi connectivity index (χ0n) is 10.9. The number of phenols is 1. The quantitative estimate of drug-likeness (QED) is 0.696. The number of carbonyl (C=O) groups excluding carboxylic acids is 1. The molecular formula is C16H13NO3. The summed E-state index contributed by atoms with van der Waals surface area (Å²) in [5.41, 5.74) is 1.42. The molecule has 0 spiro atoms. The number of furan rings is 1. The van der Waals surface area contributed by atoms with Gasteiger partial charge in [-0.25, -0.2) is 0 Å². The molecule has 0 aliphatic rings. The van der Waals surface area contributed by atoms with Gasteiger partial charge in [-0.1, -0.05) is 24.3 Å². The number of fused-ring (bicyclic) bond motifs is 1. The van der Waals surface area contributed by atoms with E-state index in [1.165, 1.54) is 6.26 Å². The fourth-order valence-corrected chi connectivity index (χ4v) is 2.18. The minimum absolute atomic E-state index is 0.188. The lowest BCUT2D eigenvalue weighted by Crippen LogP contribution is -2.12. The lowest BCUT2D eigenvalue weighted by Gasteiger charge is -2.09. The molecule has 0 saturated heterocycles. The Labute approximate surface area is 115 Å². The summed E-state index contributed by atoms with van der Waals surface area (Å²) in [5, 5.41) is 14.1. The van der Waals surface area contributed by atoms with E-state index in [-0.39, 0.29) is 11.7 Å². The molecule has 1 amide bonds. The van der Waals surface area contributed by atoms with Gasteiger partial charge in [0.1, 0.15) is 5.75 Å². The number of aryl methyl sites for hydroxylation is 1.